The van der Waals surface area contributed by atoms with Crippen LogP contribution in [0.1, 0.15) is 12.8 Å². The minimum atomic E-state index is 0.492. The summed E-state index contributed by atoms with van der Waals surface area (Å²) >= 11 is 0. The number of anilines is 1. The molecule has 0 radical (unpaired) electrons. The van der Waals surface area contributed by atoms with Gasteiger partial charge in [0, 0.05) is 41.4 Å². The molecule has 2 heterocycles. The van der Waals surface area contributed by atoms with E-state index >= 15 is 0 Å². The predicted molar refractivity (Wildman–Crippen MR) is 96.7 cm³/mol. The van der Waals surface area contributed by atoms with E-state index in [2.05, 4.69) is 64.1 Å². The van der Waals surface area contributed by atoms with E-state index in [1.165, 1.54) is 40.4 Å². The van der Waals surface area contributed by atoms with Crippen molar-refractivity contribution in [3.63, 3.8) is 0 Å². The van der Waals surface area contributed by atoms with Gasteiger partial charge >= 0.3 is 0 Å². The minimum Gasteiger partial charge on any atom is -0.381 e. The molecule has 1 saturated heterocycles. The molecule has 2 N–H and O–H groups in total. The van der Waals surface area contributed by atoms with Gasteiger partial charge in [0.2, 0.25) is 0 Å². The van der Waals surface area contributed by atoms with E-state index < -0.39 is 0 Å². The van der Waals surface area contributed by atoms with Crippen molar-refractivity contribution in [2.24, 2.45) is 0 Å². The first-order valence-electron chi connectivity index (χ1n) is 8.30. The zero-order valence-corrected chi connectivity index (χ0v) is 13.1. The SMILES string of the molecule is c1ccc(-c2cc(N[C@@H]3CCCNC3)c3ccncc3c2)cc1. The zero-order chi connectivity index (χ0) is 15.5. The van der Waals surface area contributed by atoms with Crippen LogP contribution in [0.3, 0.4) is 0 Å². The fourth-order valence-corrected chi connectivity index (χ4v) is 3.32. The Balaban J connectivity index is 1.77. The topological polar surface area (TPSA) is 37.0 Å². The molecule has 1 fully saturated rings. The molecular formula is C20H21N3. The monoisotopic (exact) mass is 303 g/mol. The summed E-state index contributed by atoms with van der Waals surface area (Å²) in [5.74, 6) is 0. The number of rotatable bonds is 3. The van der Waals surface area contributed by atoms with Gasteiger partial charge in [-0.15, -0.1) is 0 Å². The lowest BCUT2D eigenvalue weighted by Gasteiger charge is -2.26. The largest absolute Gasteiger partial charge is 0.381 e. The molecule has 0 spiro atoms. The van der Waals surface area contributed by atoms with E-state index in [1.807, 2.05) is 12.4 Å². The fourth-order valence-electron chi connectivity index (χ4n) is 3.32. The molecule has 3 nitrogen and oxygen atoms in total. The van der Waals surface area contributed by atoms with Crippen LogP contribution >= 0.6 is 0 Å². The van der Waals surface area contributed by atoms with Crippen molar-refractivity contribution in [2.75, 3.05) is 18.4 Å². The van der Waals surface area contributed by atoms with E-state index in [-0.39, 0.29) is 0 Å². The second-order valence-corrected chi connectivity index (χ2v) is 6.17. The van der Waals surface area contributed by atoms with Crippen LogP contribution in [0.4, 0.5) is 5.69 Å². The fraction of sp³-hybridized carbons (Fsp3) is 0.250. The molecule has 1 aliphatic rings. The third kappa shape index (κ3) is 3.06. The highest BCUT2D eigenvalue weighted by atomic mass is 15.0. The van der Waals surface area contributed by atoms with Crippen molar-refractivity contribution in [1.82, 2.24) is 10.3 Å². The van der Waals surface area contributed by atoms with Gasteiger partial charge in [0.15, 0.2) is 0 Å². The maximum Gasteiger partial charge on any atom is 0.0429 e. The molecule has 23 heavy (non-hydrogen) atoms. The first kappa shape index (κ1) is 14.2. The number of fused-ring (bicyclic) bond motifs is 1. The Morgan fingerprint density at radius 3 is 2.78 bits per heavy atom. The number of benzene rings is 2. The smallest absolute Gasteiger partial charge is 0.0429 e. The summed E-state index contributed by atoms with van der Waals surface area (Å²) in [6.45, 7) is 2.16. The first-order valence-corrected chi connectivity index (χ1v) is 8.30. The first-order chi connectivity index (χ1) is 11.4. The number of aromatic nitrogens is 1. The number of nitrogens with zero attached hydrogens (tertiary/aromatic N) is 1. The van der Waals surface area contributed by atoms with Gasteiger partial charge in [-0.25, -0.2) is 0 Å². The van der Waals surface area contributed by atoms with Crippen molar-refractivity contribution < 1.29 is 0 Å². The highest BCUT2D eigenvalue weighted by molar-refractivity contribution is 5.97. The molecule has 116 valence electrons. The maximum absolute atomic E-state index is 4.30. The number of piperidine rings is 1. The van der Waals surface area contributed by atoms with Crippen LogP contribution in [-0.4, -0.2) is 24.1 Å². The Hall–Kier alpha value is -2.39. The summed E-state index contributed by atoms with van der Waals surface area (Å²) in [4.78, 5) is 4.30. The van der Waals surface area contributed by atoms with Crippen LogP contribution in [0.5, 0.6) is 0 Å². The molecule has 0 bridgehead atoms. The highest BCUT2D eigenvalue weighted by Crippen LogP contribution is 2.31. The molecule has 0 unspecified atom stereocenters. The Morgan fingerprint density at radius 1 is 1.04 bits per heavy atom. The Bertz CT molecular complexity index is 792. The molecule has 1 atom stereocenters. The van der Waals surface area contributed by atoms with Gasteiger partial charge < -0.3 is 10.6 Å². The summed E-state index contributed by atoms with van der Waals surface area (Å²) in [6, 6.07) is 17.6. The van der Waals surface area contributed by atoms with Crippen LogP contribution in [0.25, 0.3) is 21.9 Å². The van der Waals surface area contributed by atoms with Crippen molar-refractivity contribution in [3.05, 3.63) is 60.9 Å². The molecule has 3 aromatic rings. The quantitative estimate of drug-likeness (QED) is 0.766. The molecule has 0 amide bonds. The minimum absolute atomic E-state index is 0.492. The van der Waals surface area contributed by atoms with Crippen LogP contribution in [0.2, 0.25) is 0 Å². The van der Waals surface area contributed by atoms with Gasteiger partial charge in [0.05, 0.1) is 0 Å². The van der Waals surface area contributed by atoms with Crippen molar-refractivity contribution >= 4 is 16.5 Å². The Morgan fingerprint density at radius 2 is 1.96 bits per heavy atom. The molecule has 1 aromatic heterocycles. The average Bonchev–Trinajstić information content (AvgIpc) is 2.63. The number of hydrogen-bond donors (Lipinski definition) is 2. The maximum atomic E-state index is 4.30. The third-order valence-electron chi connectivity index (χ3n) is 4.52. The van der Waals surface area contributed by atoms with Gasteiger partial charge in [0.25, 0.3) is 0 Å². The van der Waals surface area contributed by atoms with E-state index in [0.717, 1.165) is 13.1 Å². The van der Waals surface area contributed by atoms with E-state index in [9.17, 15) is 0 Å². The standard InChI is InChI=1S/C20H21N3/c1-2-5-15(6-3-1)16-11-17-13-22-10-8-19(17)20(12-16)23-18-7-4-9-21-14-18/h1-3,5-6,8,10-13,18,21,23H,4,7,9,14H2/t18-/m1/s1. The van der Waals surface area contributed by atoms with E-state index in [4.69, 9.17) is 0 Å². The molecule has 0 saturated carbocycles. The third-order valence-corrected chi connectivity index (χ3v) is 4.52. The van der Waals surface area contributed by atoms with Crippen LogP contribution in [0, 0.1) is 0 Å². The molecule has 1 aliphatic heterocycles. The highest BCUT2D eigenvalue weighted by Gasteiger charge is 2.14. The molecule has 0 aliphatic carbocycles. The summed E-state index contributed by atoms with van der Waals surface area (Å²) in [5, 5.41) is 9.64. The average molecular weight is 303 g/mol. The lowest BCUT2D eigenvalue weighted by atomic mass is 9.99. The summed E-state index contributed by atoms with van der Waals surface area (Å²) in [5.41, 5.74) is 3.68. The molecule has 2 aromatic carbocycles. The molecule has 4 rings (SSSR count). The summed E-state index contributed by atoms with van der Waals surface area (Å²) in [6.07, 6.45) is 6.27. The van der Waals surface area contributed by atoms with Crippen LogP contribution in [-0.2, 0) is 0 Å². The van der Waals surface area contributed by atoms with Crippen LogP contribution in [0.15, 0.2) is 60.9 Å². The zero-order valence-electron chi connectivity index (χ0n) is 13.1. The van der Waals surface area contributed by atoms with Gasteiger partial charge in [-0.3, -0.25) is 4.98 Å². The number of pyridine rings is 1. The molecule has 3 heteroatoms. The predicted octanol–water partition coefficient (Wildman–Crippen LogP) is 4.07. The number of hydrogen-bond acceptors (Lipinski definition) is 3. The van der Waals surface area contributed by atoms with Gasteiger partial charge in [-0.2, -0.15) is 0 Å². The normalized spacial score (nSPS) is 18.0. The van der Waals surface area contributed by atoms with Crippen LogP contribution < -0.4 is 10.6 Å². The van der Waals surface area contributed by atoms with E-state index in [0.29, 0.717) is 6.04 Å². The lowest BCUT2D eigenvalue weighted by Crippen LogP contribution is -2.38. The van der Waals surface area contributed by atoms with Crippen molar-refractivity contribution in [2.45, 2.75) is 18.9 Å². The molecular weight excluding hydrogens is 282 g/mol. The van der Waals surface area contributed by atoms with Crippen molar-refractivity contribution in [3.8, 4) is 11.1 Å². The van der Waals surface area contributed by atoms with E-state index in [1.54, 1.807) is 0 Å². The van der Waals surface area contributed by atoms with Crippen molar-refractivity contribution in [1.29, 1.82) is 0 Å². The number of nitrogens with one attached hydrogen (secondary N) is 2. The summed E-state index contributed by atoms with van der Waals surface area (Å²) in [7, 11) is 0. The van der Waals surface area contributed by atoms with Gasteiger partial charge in [0.1, 0.15) is 0 Å². The summed E-state index contributed by atoms with van der Waals surface area (Å²) < 4.78 is 0. The van der Waals surface area contributed by atoms with Gasteiger partial charge in [-0.05, 0) is 48.7 Å². The second-order valence-electron chi connectivity index (χ2n) is 6.17. The van der Waals surface area contributed by atoms with Gasteiger partial charge in [-0.1, -0.05) is 30.3 Å². The second kappa shape index (κ2) is 6.39. The Labute approximate surface area is 136 Å². The lowest BCUT2D eigenvalue weighted by molar-refractivity contribution is 0.480. The Kier molecular flexibility index (Phi) is 3.95.